The van der Waals surface area contributed by atoms with Crippen LogP contribution >= 0.6 is 0 Å². The van der Waals surface area contributed by atoms with Gasteiger partial charge < -0.3 is 25.0 Å². The van der Waals surface area contributed by atoms with E-state index in [9.17, 15) is 28.2 Å². The molecule has 9 nitrogen and oxygen atoms in total. The number of rotatable bonds is 6. The number of aromatic nitrogens is 3. The molecule has 0 spiro atoms. The van der Waals surface area contributed by atoms with Crippen molar-refractivity contribution < 1.29 is 37.7 Å². The van der Waals surface area contributed by atoms with Gasteiger partial charge in [-0.05, 0) is 0 Å². The van der Waals surface area contributed by atoms with Gasteiger partial charge in [0.25, 0.3) is 0 Å². The molecule has 140 valence electrons. The van der Waals surface area contributed by atoms with Crippen molar-refractivity contribution >= 4 is 5.91 Å². The van der Waals surface area contributed by atoms with Gasteiger partial charge >= 0.3 is 12.1 Å². The summed E-state index contributed by atoms with van der Waals surface area (Å²) in [6, 6.07) is -1.63. The monoisotopic (exact) mass is 366 g/mol. The van der Waals surface area contributed by atoms with Crippen LogP contribution in [-0.4, -0.2) is 74.5 Å². The van der Waals surface area contributed by atoms with Crippen molar-refractivity contribution in [2.24, 2.45) is 0 Å². The van der Waals surface area contributed by atoms with E-state index in [2.05, 4.69) is 16.9 Å². The molecule has 2 rings (SSSR count). The summed E-state index contributed by atoms with van der Waals surface area (Å²) in [6.45, 7) is 3.26. The van der Waals surface area contributed by atoms with Gasteiger partial charge in [-0.1, -0.05) is 11.3 Å². The van der Waals surface area contributed by atoms with Gasteiger partial charge in [-0.2, -0.15) is 13.2 Å². The highest BCUT2D eigenvalue weighted by Gasteiger charge is 2.49. The standard InChI is InChI=1S/C13H17F3N4O5/c1-2-5-24-11-8(18-12(23)13(14,15)16)10(22)9(21)7(25-11)6-20-4-3-17-19-20/h2-4,7-11,21-22H,1,5-6H2,(H,18,23)/t7-,8-,9+,10-,11+/m1/s1. The SMILES string of the molecule is C=CCO[C@H]1O[C@H](Cn2ccnn2)[C@H](O)[C@H](O)[C@H]1NC(=O)C(F)(F)F. The van der Waals surface area contributed by atoms with Crippen LogP contribution in [0.4, 0.5) is 13.2 Å². The van der Waals surface area contributed by atoms with Crippen LogP contribution in [0.25, 0.3) is 0 Å². The summed E-state index contributed by atoms with van der Waals surface area (Å²) in [4.78, 5) is 11.2. The fourth-order valence-corrected chi connectivity index (χ4v) is 2.29. The Hall–Kier alpha value is -2.02. The van der Waals surface area contributed by atoms with Gasteiger partial charge in [0.2, 0.25) is 0 Å². The zero-order valence-corrected chi connectivity index (χ0v) is 12.8. The van der Waals surface area contributed by atoms with E-state index in [0.717, 1.165) is 0 Å². The number of aliphatic hydroxyl groups is 2. The molecule has 12 heteroatoms. The Morgan fingerprint density at radius 1 is 1.44 bits per heavy atom. The number of nitrogens with zero attached hydrogens (tertiary/aromatic N) is 3. The van der Waals surface area contributed by atoms with E-state index in [4.69, 9.17) is 9.47 Å². The number of hydrogen-bond donors (Lipinski definition) is 3. The second kappa shape index (κ2) is 7.91. The quantitative estimate of drug-likeness (QED) is 0.551. The van der Waals surface area contributed by atoms with Crippen molar-refractivity contribution in [1.29, 1.82) is 0 Å². The molecule has 0 radical (unpaired) electrons. The first kappa shape index (κ1) is 19.3. The molecule has 1 saturated heterocycles. The van der Waals surface area contributed by atoms with E-state index in [1.165, 1.54) is 23.2 Å². The molecule has 0 saturated carbocycles. The largest absolute Gasteiger partial charge is 0.471 e. The molecule has 0 aliphatic carbocycles. The molecule has 1 aromatic rings. The average Bonchev–Trinajstić information content (AvgIpc) is 3.05. The van der Waals surface area contributed by atoms with Gasteiger partial charge in [0.1, 0.15) is 24.4 Å². The van der Waals surface area contributed by atoms with Crippen molar-refractivity contribution in [2.45, 2.75) is 43.4 Å². The minimum atomic E-state index is -5.16. The van der Waals surface area contributed by atoms with Crippen LogP contribution in [0.5, 0.6) is 0 Å². The van der Waals surface area contributed by atoms with Crippen LogP contribution in [0.3, 0.4) is 0 Å². The van der Waals surface area contributed by atoms with Crippen molar-refractivity contribution in [3.8, 4) is 0 Å². The highest BCUT2D eigenvalue weighted by atomic mass is 19.4. The lowest BCUT2D eigenvalue weighted by atomic mass is 9.96. The van der Waals surface area contributed by atoms with Crippen molar-refractivity contribution in [2.75, 3.05) is 6.61 Å². The number of halogens is 3. The maximum atomic E-state index is 12.5. The fourth-order valence-electron chi connectivity index (χ4n) is 2.29. The summed E-state index contributed by atoms with van der Waals surface area (Å²) in [5.41, 5.74) is 0. The van der Waals surface area contributed by atoms with E-state index in [0.29, 0.717) is 0 Å². The third-order valence-corrected chi connectivity index (χ3v) is 3.47. The number of alkyl halides is 3. The Balaban J connectivity index is 2.14. The van der Waals surface area contributed by atoms with Gasteiger partial charge in [0.15, 0.2) is 6.29 Å². The highest BCUT2D eigenvalue weighted by Crippen LogP contribution is 2.25. The highest BCUT2D eigenvalue weighted by molar-refractivity contribution is 5.82. The maximum Gasteiger partial charge on any atom is 0.471 e. The maximum absolute atomic E-state index is 12.5. The second-order valence-corrected chi connectivity index (χ2v) is 5.27. The normalized spacial score (nSPS) is 30.0. The van der Waals surface area contributed by atoms with Gasteiger partial charge in [-0.25, -0.2) is 4.68 Å². The lowest BCUT2D eigenvalue weighted by molar-refractivity contribution is -0.266. The topological polar surface area (TPSA) is 119 Å². The lowest BCUT2D eigenvalue weighted by Gasteiger charge is -2.42. The Bertz CT molecular complexity index is 583. The van der Waals surface area contributed by atoms with Gasteiger partial charge in [0, 0.05) is 6.20 Å². The second-order valence-electron chi connectivity index (χ2n) is 5.27. The molecule has 3 N–H and O–H groups in total. The molecule has 25 heavy (non-hydrogen) atoms. The number of nitrogens with one attached hydrogen (secondary N) is 1. The molecule has 1 aromatic heterocycles. The Labute approximate surface area is 140 Å². The predicted octanol–water partition coefficient (Wildman–Crippen LogP) is -1.03. The zero-order chi connectivity index (χ0) is 18.6. The molecule has 1 fully saturated rings. The minimum Gasteiger partial charge on any atom is -0.388 e. The van der Waals surface area contributed by atoms with Crippen LogP contribution < -0.4 is 5.32 Å². The van der Waals surface area contributed by atoms with Crippen LogP contribution in [-0.2, 0) is 20.8 Å². The minimum absolute atomic E-state index is 0.0356. The number of amides is 1. The number of carbonyl (C=O) groups excluding carboxylic acids is 1. The van der Waals surface area contributed by atoms with Crippen molar-refractivity contribution in [1.82, 2.24) is 20.3 Å². The van der Waals surface area contributed by atoms with Crippen molar-refractivity contribution in [3.63, 3.8) is 0 Å². The van der Waals surface area contributed by atoms with E-state index >= 15 is 0 Å². The van der Waals surface area contributed by atoms with Crippen LogP contribution in [0.1, 0.15) is 0 Å². The van der Waals surface area contributed by atoms with Crippen LogP contribution in [0, 0.1) is 0 Å². The number of hydrogen-bond acceptors (Lipinski definition) is 7. The summed E-state index contributed by atoms with van der Waals surface area (Å²) in [7, 11) is 0. The molecule has 1 amide bonds. The first-order valence-electron chi connectivity index (χ1n) is 7.20. The summed E-state index contributed by atoms with van der Waals surface area (Å²) in [5.74, 6) is -2.28. The van der Waals surface area contributed by atoms with E-state index < -0.39 is 42.7 Å². The first-order chi connectivity index (χ1) is 11.7. The zero-order valence-electron chi connectivity index (χ0n) is 12.8. The third-order valence-electron chi connectivity index (χ3n) is 3.47. The third kappa shape index (κ3) is 4.75. The van der Waals surface area contributed by atoms with E-state index in [1.807, 2.05) is 0 Å². The first-order valence-corrected chi connectivity index (χ1v) is 7.20. The van der Waals surface area contributed by atoms with Crippen LogP contribution in [0.2, 0.25) is 0 Å². The predicted molar refractivity (Wildman–Crippen MR) is 74.8 cm³/mol. The fraction of sp³-hybridized carbons (Fsp3) is 0.615. The Kier molecular flexibility index (Phi) is 6.11. The summed E-state index contributed by atoms with van der Waals surface area (Å²) >= 11 is 0. The average molecular weight is 366 g/mol. The number of aliphatic hydroxyl groups excluding tert-OH is 2. The molecular weight excluding hydrogens is 349 g/mol. The molecule has 1 aliphatic rings. The number of carbonyl (C=O) groups is 1. The van der Waals surface area contributed by atoms with Gasteiger partial charge in [-0.3, -0.25) is 4.79 Å². The molecule has 0 aromatic carbocycles. The van der Waals surface area contributed by atoms with Gasteiger partial charge in [0.05, 0.1) is 19.3 Å². The van der Waals surface area contributed by atoms with Crippen molar-refractivity contribution in [3.05, 3.63) is 25.0 Å². The lowest BCUT2D eigenvalue weighted by Crippen LogP contribution is -2.65. The molecule has 2 heterocycles. The summed E-state index contributed by atoms with van der Waals surface area (Å²) in [5, 5.41) is 29.1. The summed E-state index contributed by atoms with van der Waals surface area (Å²) in [6.07, 6.45) is -6.83. The summed E-state index contributed by atoms with van der Waals surface area (Å²) < 4.78 is 49.3. The van der Waals surface area contributed by atoms with E-state index in [-0.39, 0.29) is 13.2 Å². The van der Waals surface area contributed by atoms with Gasteiger partial charge in [-0.15, -0.1) is 11.7 Å². The smallest absolute Gasteiger partial charge is 0.388 e. The molecule has 0 unspecified atom stereocenters. The Morgan fingerprint density at radius 3 is 2.72 bits per heavy atom. The molecule has 1 aliphatic heterocycles. The Morgan fingerprint density at radius 2 is 2.16 bits per heavy atom. The molecular formula is C13H17F3N4O5. The van der Waals surface area contributed by atoms with Crippen LogP contribution in [0.15, 0.2) is 25.0 Å². The molecule has 5 atom stereocenters. The number of ether oxygens (including phenoxy) is 2. The molecule has 0 bridgehead atoms. The van der Waals surface area contributed by atoms with E-state index in [1.54, 1.807) is 5.32 Å².